The van der Waals surface area contributed by atoms with Crippen LogP contribution < -0.4 is 10.2 Å². The Hall–Kier alpha value is -0.800. The molecule has 0 aromatic heterocycles. The quantitative estimate of drug-likeness (QED) is 0.806. The van der Waals surface area contributed by atoms with Gasteiger partial charge in [-0.2, -0.15) is 0 Å². The summed E-state index contributed by atoms with van der Waals surface area (Å²) >= 11 is 0. The first-order valence-electron chi connectivity index (χ1n) is 6.02. The molecule has 4 nitrogen and oxygen atoms in total. The highest BCUT2D eigenvalue weighted by molar-refractivity contribution is 7.30. The van der Waals surface area contributed by atoms with E-state index in [9.17, 15) is 9.46 Å². The molecule has 0 bridgehead atoms. The van der Waals surface area contributed by atoms with E-state index in [1.54, 1.807) is 7.05 Å². The zero-order valence-corrected chi connectivity index (χ0v) is 12.2. The SMILES string of the molecule is CNCC(O[P+](=O)[O-])c1cc(C)ccc1C(C)C. The third kappa shape index (κ3) is 4.14. The van der Waals surface area contributed by atoms with Crippen molar-refractivity contribution < 1.29 is 14.0 Å². The molecule has 1 aromatic carbocycles. The van der Waals surface area contributed by atoms with Crippen molar-refractivity contribution in [3.8, 4) is 0 Å². The molecule has 0 saturated carbocycles. The van der Waals surface area contributed by atoms with E-state index in [4.69, 9.17) is 4.52 Å². The van der Waals surface area contributed by atoms with Crippen molar-refractivity contribution >= 4 is 8.25 Å². The molecule has 0 heterocycles. The molecule has 1 rings (SSSR count). The van der Waals surface area contributed by atoms with Gasteiger partial charge in [0.15, 0.2) is 6.10 Å². The fraction of sp³-hybridized carbons (Fsp3) is 0.538. The monoisotopic (exact) mass is 269 g/mol. The number of nitrogens with one attached hydrogen (secondary N) is 1. The molecule has 100 valence electrons. The molecule has 0 aliphatic heterocycles. The zero-order valence-electron chi connectivity index (χ0n) is 11.3. The number of benzene rings is 1. The van der Waals surface area contributed by atoms with Crippen LogP contribution in [0.25, 0.3) is 0 Å². The van der Waals surface area contributed by atoms with E-state index < -0.39 is 14.4 Å². The standard InChI is InChI=1S/C13H20NO3P/c1-9(2)11-6-5-10(3)7-12(11)13(8-14-4)17-18(15)16/h5-7,9,13-14H,8H2,1-4H3. The van der Waals surface area contributed by atoms with Gasteiger partial charge in [0.2, 0.25) is 0 Å². The molecule has 0 saturated heterocycles. The molecule has 0 radical (unpaired) electrons. The molecule has 0 fully saturated rings. The minimum absolute atomic E-state index is 0.327. The van der Waals surface area contributed by atoms with E-state index in [1.165, 1.54) is 0 Å². The van der Waals surface area contributed by atoms with Crippen molar-refractivity contribution in [1.29, 1.82) is 0 Å². The first-order valence-corrected chi connectivity index (χ1v) is 7.11. The van der Waals surface area contributed by atoms with Crippen LogP contribution in [0.1, 0.15) is 42.6 Å². The van der Waals surface area contributed by atoms with Crippen LogP contribution >= 0.6 is 8.25 Å². The van der Waals surface area contributed by atoms with Gasteiger partial charge in [0, 0.05) is 6.54 Å². The summed E-state index contributed by atoms with van der Waals surface area (Å²) in [7, 11) is -1.08. The summed E-state index contributed by atoms with van der Waals surface area (Å²) in [5, 5.41) is 2.96. The van der Waals surface area contributed by atoms with Gasteiger partial charge in [0.1, 0.15) is 0 Å². The highest BCUT2D eigenvalue weighted by atomic mass is 31.1. The second-order valence-electron chi connectivity index (χ2n) is 4.66. The van der Waals surface area contributed by atoms with Gasteiger partial charge in [-0.1, -0.05) is 37.6 Å². The Kier molecular flexibility index (Phi) is 5.89. The van der Waals surface area contributed by atoms with Crippen molar-refractivity contribution in [2.75, 3.05) is 13.6 Å². The van der Waals surface area contributed by atoms with Gasteiger partial charge in [-0.15, -0.1) is 4.52 Å². The van der Waals surface area contributed by atoms with Gasteiger partial charge in [-0.05, 0) is 35.6 Å². The summed E-state index contributed by atoms with van der Waals surface area (Å²) in [6.07, 6.45) is -0.464. The number of hydrogen-bond acceptors (Lipinski definition) is 4. The molecular weight excluding hydrogens is 249 g/mol. The third-order valence-electron chi connectivity index (χ3n) is 2.81. The Balaban J connectivity index is 3.15. The van der Waals surface area contributed by atoms with Gasteiger partial charge in [0.05, 0.1) is 0 Å². The number of hydrogen-bond donors (Lipinski definition) is 1. The summed E-state index contributed by atoms with van der Waals surface area (Å²) in [6, 6.07) is 6.07. The predicted octanol–water partition coefficient (Wildman–Crippen LogP) is 2.41. The molecule has 0 aliphatic carbocycles. The van der Waals surface area contributed by atoms with E-state index >= 15 is 0 Å². The smallest absolute Gasteiger partial charge is 0.489 e. The molecule has 18 heavy (non-hydrogen) atoms. The van der Waals surface area contributed by atoms with Crippen LogP contribution in [-0.2, 0) is 9.09 Å². The highest BCUT2D eigenvalue weighted by Gasteiger charge is 2.22. The average molecular weight is 269 g/mol. The van der Waals surface area contributed by atoms with Gasteiger partial charge >= 0.3 is 8.25 Å². The lowest BCUT2D eigenvalue weighted by atomic mass is 9.92. The molecule has 1 N–H and O–H groups in total. The normalized spacial score (nSPS) is 13.8. The molecule has 0 amide bonds. The van der Waals surface area contributed by atoms with Crippen LogP contribution in [0.3, 0.4) is 0 Å². The van der Waals surface area contributed by atoms with Crippen LogP contribution in [0.4, 0.5) is 0 Å². The Morgan fingerprint density at radius 1 is 1.39 bits per heavy atom. The first kappa shape index (κ1) is 15.3. The number of likely N-dealkylation sites (N-methyl/N-ethyl adjacent to an activating group) is 1. The lowest BCUT2D eigenvalue weighted by molar-refractivity contribution is -0.189. The van der Waals surface area contributed by atoms with E-state index in [-0.39, 0.29) is 0 Å². The van der Waals surface area contributed by atoms with Crippen LogP contribution in [0.5, 0.6) is 0 Å². The molecule has 1 aromatic rings. The number of aryl methyl sites for hydroxylation is 1. The second-order valence-corrected chi connectivity index (χ2v) is 5.32. The molecule has 2 atom stereocenters. The summed E-state index contributed by atoms with van der Waals surface area (Å²) in [5.41, 5.74) is 3.16. The Morgan fingerprint density at radius 3 is 2.56 bits per heavy atom. The van der Waals surface area contributed by atoms with E-state index in [0.717, 1.165) is 16.7 Å². The van der Waals surface area contributed by atoms with E-state index in [0.29, 0.717) is 12.5 Å². The third-order valence-corrected chi connectivity index (χ3v) is 3.24. The Morgan fingerprint density at radius 2 is 2.06 bits per heavy atom. The lowest BCUT2D eigenvalue weighted by Gasteiger charge is -2.19. The summed E-state index contributed by atoms with van der Waals surface area (Å²) in [4.78, 5) is 10.8. The first-order chi connectivity index (χ1) is 8.45. The van der Waals surface area contributed by atoms with Gasteiger partial charge in [0.25, 0.3) is 0 Å². The largest absolute Gasteiger partial charge is 0.566 e. The van der Waals surface area contributed by atoms with Crippen LogP contribution in [0.2, 0.25) is 0 Å². The van der Waals surface area contributed by atoms with Crippen LogP contribution in [-0.4, -0.2) is 13.6 Å². The minimum atomic E-state index is -2.86. The van der Waals surface area contributed by atoms with Crippen molar-refractivity contribution in [2.45, 2.75) is 32.8 Å². The van der Waals surface area contributed by atoms with Crippen LogP contribution in [0, 0.1) is 6.92 Å². The molecular formula is C13H20NO3P. The van der Waals surface area contributed by atoms with E-state index in [2.05, 4.69) is 19.2 Å². The zero-order chi connectivity index (χ0) is 13.7. The van der Waals surface area contributed by atoms with Crippen molar-refractivity contribution in [3.05, 3.63) is 34.9 Å². The Labute approximate surface area is 109 Å². The highest BCUT2D eigenvalue weighted by Crippen LogP contribution is 2.32. The average Bonchev–Trinajstić information content (AvgIpc) is 2.27. The molecule has 5 heteroatoms. The minimum Gasteiger partial charge on any atom is -0.566 e. The topological polar surface area (TPSA) is 61.4 Å². The second kappa shape index (κ2) is 6.95. The maximum absolute atomic E-state index is 10.8. The van der Waals surface area contributed by atoms with Crippen molar-refractivity contribution in [2.24, 2.45) is 0 Å². The van der Waals surface area contributed by atoms with Crippen molar-refractivity contribution in [3.63, 3.8) is 0 Å². The maximum atomic E-state index is 10.8. The molecule has 2 unspecified atom stereocenters. The van der Waals surface area contributed by atoms with Crippen molar-refractivity contribution in [1.82, 2.24) is 5.32 Å². The Bertz CT molecular complexity index is 421. The van der Waals surface area contributed by atoms with Gasteiger partial charge in [-0.25, -0.2) is 0 Å². The fourth-order valence-electron chi connectivity index (χ4n) is 1.99. The summed E-state index contributed by atoms with van der Waals surface area (Å²) in [6.45, 7) is 6.62. The fourth-order valence-corrected chi connectivity index (χ4v) is 2.39. The molecule has 0 aliphatic rings. The van der Waals surface area contributed by atoms with Gasteiger partial charge < -0.3 is 10.2 Å². The van der Waals surface area contributed by atoms with Crippen LogP contribution in [0.15, 0.2) is 18.2 Å². The summed E-state index contributed by atoms with van der Waals surface area (Å²) < 4.78 is 15.8. The molecule has 0 spiro atoms. The van der Waals surface area contributed by atoms with Gasteiger partial charge in [-0.3, -0.25) is 0 Å². The lowest BCUT2D eigenvalue weighted by Crippen LogP contribution is -2.20. The maximum Gasteiger partial charge on any atom is 0.489 e. The number of rotatable bonds is 6. The summed E-state index contributed by atoms with van der Waals surface area (Å²) in [5.74, 6) is 0.327. The predicted molar refractivity (Wildman–Crippen MR) is 70.6 cm³/mol. The van der Waals surface area contributed by atoms with E-state index in [1.807, 2.05) is 25.1 Å².